The zero-order valence-electron chi connectivity index (χ0n) is 14.9. The molecule has 0 spiro atoms. The van der Waals surface area contributed by atoms with Crippen LogP contribution in [0.1, 0.15) is 23.0 Å². The van der Waals surface area contributed by atoms with Crippen LogP contribution in [0.4, 0.5) is 0 Å². The number of piperazine rings is 1. The van der Waals surface area contributed by atoms with E-state index in [0.29, 0.717) is 6.54 Å². The average Bonchev–Trinajstić information content (AvgIpc) is 3.13. The molecule has 134 valence electrons. The van der Waals surface area contributed by atoms with Crippen molar-refractivity contribution in [3.63, 3.8) is 0 Å². The molecule has 0 N–H and O–H groups in total. The fourth-order valence-electron chi connectivity index (χ4n) is 3.42. The molecule has 7 heteroatoms. The molecule has 3 aromatic rings. The van der Waals surface area contributed by atoms with Crippen LogP contribution in [0.2, 0.25) is 0 Å². The van der Waals surface area contributed by atoms with E-state index >= 15 is 0 Å². The number of nitrogens with zero attached hydrogens (tertiary/aromatic N) is 7. The Morgan fingerprint density at radius 2 is 1.81 bits per heavy atom. The number of rotatable bonds is 5. The highest BCUT2D eigenvalue weighted by molar-refractivity contribution is 5.23. The van der Waals surface area contributed by atoms with Crippen LogP contribution in [0, 0.1) is 0 Å². The van der Waals surface area contributed by atoms with E-state index in [-0.39, 0.29) is 6.04 Å². The lowest BCUT2D eigenvalue weighted by atomic mass is 10.1. The maximum absolute atomic E-state index is 4.40. The molecular formula is C19H23N7. The Morgan fingerprint density at radius 3 is 2.54 bits per heavy atom. The van der Waals surface area contributed by atoms with Crippen molar-refractivity contribution < 1.29 is 0 Å². The van der Waals surface area contributed by atoms with Crippen LogP contribution in [0.3, 0.4) is 0 Å². The first-order valence-electron chi connectivity index (χ1n) is 8.94. The van der Waals surface area contributed by atoms with Crippen LogP contribution >= 0.6 is 0 Å². The van der Waals surface area contributed by atoms with Crippen molar-refractivity contribution in [2.75, 3.05) is 33.2 Å². The molecule has 1 saturated heterocycles. The summed E-state index contributed by atoms with van der Waals surface area (Å²) >= 11 is 0. The van der Waals surface area contributed by atoms with Gasteiger partial charge < -0.3 is 4.90 Å². The van der Waals surface area contributed by atoms with E-state index < -0.39 is 0 Å². The van der Waals surface area contributed by atoms with Gasteiger partial charge in [-0.1, -0.05) is 36.4 Å². The Kier molecular flexibility index (Phi) is 4.99. The first kappa shape index (κ1) is 16.8. The summed E-state index contributed by atoms with van der Waals surface area (Å²) in [6.07, 6.45) is 3.72. The summed E-state index contributed by atoms with van der Waals surface area (Å²) in [4.78, 5) is 9.12. The molecule has 1 aromatic carbocycles. The number of benzene rings is 1. The number of hydrogen-bond acceptors (Lipinski definition) is 6. The summed E-state index contributed by atoms with van der Waals surface area (Å²) in [5.41, 5.74) is 2.31. The molecule has 1 atom stereocenters. The van der Waals surface area contributed by atoms with Gasteiger partial charge in [0.25, 0.3) is 0 Å². The maximum atomic E-state index is 4.40. The van der Waals surface area contributed by atoms with E-state index in [4.69, 9.17) is 0 Å². The summed E-state index contributed by atoms with van der Waals surface area (Å²) < 4.78 is 1.91. The van der Waals surface area contributed by atoms with Crippen molar-refractivity contribution in [3.8, 4) is 0 Å². The van der Waals surface area contributed by atoms with Gasteiger partial charge in [-0.2, -0.15) is 0 Å². The molecule has 0 radical (unpaired) electrons. The highest BCUT2D eigenvalue weighted by Gasteiger charge is 2.30. The quantitative estimate of drug-likeness (QED) is 0.695. The third-order valence-corrected chi connectivity index (χ3v) is 4.88. The Balaban J connectivity index is 1.67. The van der Waals surface area contributed by atoms with Crippen molar-refractivity contribution in [2.45, 2.75) is 12.6 Å². The van der Waals surface area contributed by atoms with Gasteiger partial charge in [-0.25, -0.2) is 4.68 Å². The Labute approximate surface area is 153 Å². The van der Waals surface area contributed by atoms with Crippen molar-refractivity contribution in [2.24, 2.45) is 0 Å². The SMILES string of the molecule is CN1CCN(C(c2cccnc2)c2nnnn2Cc2ccccc2)CC1. The Hall–Kier alpha value is -2.64. The summed E-state index contributed by atoms with van der Waals surface area (Å²) in [5, 5.41) is 12.6. The lowest BCUT2D eigenvalue weighted by Gasteiger charge is -2.37. The zero-order chi connectivity index (χ0) is 17.8. The van der Waals surface area contributed by atoms with E-state index in [2.05, 4.69) is 55.6 Å². The standard InChI is InChI=1S/C19H23N7/c1-24-10-12-25(13-11-24)18(17-8-5-9-20-14-17)19-21-22-23-26(19)15-16-6-3-2-4-7-16/h2-9,14,18H,10-13,15H2,1H3. The predicted molar refractivity (Wildman–Crippen MR) is 98.5 cm³/mol. The minimum Gasteiger partial charge on any atom is -0.304 e. The third kappa shape index (κ3) is 3.63. The largest absolute Gasteiger partial charge is 0.304 e. The van der Waals surface area contributed by atoms with Crippen LogP contribution in [-0.2, 0) is 6.54 Å². The van der Waals surface area contributed by atoms with E-state index in [1.54, 1.807) is 6.20 Å². The number of tetrazole rings is 1. The van der Waals surface area contributed by atoms with Gasteiger partial charge in [-0.3, -0.25) is 9.88 Å². The molecule has 0 bridgehead atoms. The smallest absolute Gasteiger partial charge is 0.173 e. The molecule has 1 aliphatic heterocycles. The zero-order valence-corrected chi connectivity index (χ0v) is 14.9. The van der Waals surface area contributed by atoms with Crippen molar-refractivity contribution in [3.05, 3.63) is 71.8 Å². The number of hydrogen-bond donors (Lipinski definition) is 0. The van der Waals surface area contributed by atoms with Gasteiger partial charge in [0.05, 0.1) is 12.6 Å². The van der Waals surface area contributed by atoms with Crippen LogP contribution in [-0.4, -0.2) is 68.2 Å². The number of aromatic nitrogens is 5. The maximum Gasteiger partial charge on any atom is 0.173 e. The summed E-state index contributed by atoms with van der Waals surface area (Å²) in [6.45, 7) is 4.70. The topological polar surface area (TPSA) is 63.0 Å². The second kappa shape index (κ2) is 7.72. The van der Waals surface area contributed by atoms with E-state index in [1.807, 2.05) is 35.1 Å². The highest BCUT2D eigenvalue weighted by atomic mass is 15.6. The van der Waals surface area contributed by atoms with Gasteiger partial charge in [0.15, 0.2) is 5.82 Å². The van der Waals surface area contributed by atoms with Gasteiger partial charge in [-0.15, -0.1) is 5.10 Å². The van der Waals surface area contributed by atoms with Crippen molar-refractivity contribution in [1.82, 2.24) is 35.0 Å². The van der Waals surface area contributed by atoms with Gasteiger partial charge in [0.2, 0.25) is 0 Å². The average molecular weight is 349 g/mol. The Bertz CT molecular complexity index is 810. The van der Waals surface area contributed by atoms with E-state index in [9.17, 15) is 0 Å². The summed E-state index contributed by atoms with van der Waals surface area (Å²) in [5.74, 6) is 0.867. The number of likely N-dealkylation sites (N-methyl/N-ethyl adjacent to an activating group) is 1. The van der Waals surface area contributed by atoms with Crippen LogP contribution in [0.15, 0.2) is 54.9 Å². The molecular weight excluding hydrogens is 326 g/mol. The molecule has 7 nitrogen and oxygen atoms in total. The molecule has 0 aliphatic carbocycles. The minimum absolute atomic E-state index is 0.0103. The van der Waals surface area contributed by atoms with Crippen LogP contribution in [0.5, 0.6) is 0 Å². The third-order valence-electron chi connectivity index (χ3n) is 4.88. The molecule has 1 aliphatic rings. The molecule has 2 aromatic heterocycles. The van der Waals surface area contributed by atoms with Crippen molar-refractivity contribution in [1.29, 1.82) is 0 Å². The van der Waals surface area contributed by atoms with Gasteiger partial charge >= 0.3 is 0 Å². The normalized spacial score (nSPS) is 17.3. The lowest BCUT2D eigenvalue weighted by molar-refractivity contribution is 0.121. The van der Waals surface area contributed by atoms with Crippen LogP contribution in [0.25, 0.3) is 0 Å². The van der Waals surface area contributed by atoms with Gasteiger partial charge in [-0.05, 0) is 34.7 Å². The molecule has 0 saturated carbocycles. The minimum atomic E-state index is 0.0103. The second-order valence-corrected chi connectivity index (χ2v) is 6.71. The molecule has 26 heavy (non-hydrogen) atoms. The molecule has 1 unspecified atom stereocenters. The molecule has 1 fully saturated rings. The monoisotopic (exact) mass is 349 g/mol. The van der Waals surface area contributed by atoms with E-state index in [1.165, 1.54) is 5.56 Å². The summed E-state index contributed by atoms with van der Waals surface area (Å²) in [7, 11) is 2.16. The Morgan fingerprint density at radius 1 is 1.00 bits per heavy atom. The fourth-order valence-corrected chi connectivity index (χ4v) is 3.42. The fraction of sp³-hybridized carbons (Fsp3) is 0.368. The predicted octanol–water partition coefficient (Wildman–Crippen LogP) is 1.45. The molecule has 3 heterocycles. The number of pyridine rings is 1. The first-order chi connectivity index (χ1) is 12.8. The first-order valence-corrected chi connectivity index (χ1v) is 8.94. The van der Waals surface area contributed by atoms with Gasteiger partial charge in [0, 0.05) is 38.6 Å². The highest BCUT2D eigenvalue weighted by Crippen LogP contribution is 2.27. The lowest BCUT2D eigenvalue weighted by Crippen LogP contribution is -2.46. The van der Waals surface area contributed by atoms with Crippen molar-refractivity contribution >= 4 is 0 Å². The molecule has 4 rings (SSSR count). The molecule has 0 amide bonds. The summed E-state index contributed by atoms with van der Waals surface area (Å²) in [6, 6.07) is 14.4. The van der Waals surface area contributed by atoms with E-state index in [0.717, 1.165) is 37.6 Å². The van der Waals surface area contributed by atoms with Crippen LogP contribution < -0.4 is 0 Å². The van der Waals surface area contributed by atoms with Gasteiger partial charge in [0.1, 0.15) is 0 Å². The second-order valence-electron chi connectivity index (χ2n) is 6.71.